The van der Waals surface area contributed by atoms with Crippen LogP contribution in [-0.2, 0) is 27.9 Å². The summed E-state index contributed by atoms with van der Waals surface area (Å²) in [4.78, 5) is 4.51. The van der Waals surface area contributed by atoms with Crippen LogP contribution in [0, 0.1) is 0 Å². The van der Waals surface area contributed by atoms with Crippen molar-refractivity contribution >= 4 is 21.7 Å². The highest BCUT2D eigenvalue weighted by Gasteiger charge is 2.20. The topological polar surface area (TPSA) is 97.0 Å². The van der Waals surface area contributed by atoms with Gasteiger partial charge in [0.25, 0.3) is 0 Å². The lowest BCUT2D eigenvalue weighted by Gasteiger charge is -2.14. The Balaban J connectivity index is 2.21. The van der Waals surface area contributed by atoms with Crippen molar-refractivity contribution in [3.63, 3.8) is 0 Å². The molecule has 7 nitrogen and oxygen atoms in total. The molecule has 0 aliphatic heterocycles. The molecule has 140 valence electrons. The number of nitrogens with two attached hydrogens (primary N) is 1. The lowest BCUT2D eigenvalue weighted by molar-refractivity contribution is 0.185. The third-order valence-corrected chi connectivity index (χ3v) is 5.65. The lowest BCUT2D eigenvalue weighted by atomic mass is 10.2. The Kier molecular flexibility index (Phi) is 6.73. The van der Waals surface area contributed by atoms with Crippen molar-refractivity contribution in [3.05, 3.63) is 59.7 Å². The van der Waals surface area contributed by atoms with E-state index in [2.05, 4.69) is 10.3 Å². The number of hydrogen-bond acceptors (Lipinski definition) is 4. The highest BCUT2D eigenvalue weighted by atomic mass is 32.2. The van der Waals surface area contributed by atoms with Gasteiger partial charge in [-0.1, -0.05) is 36.4 Å². The van der Waals surface area contributed by atoms with Crippen LogP contribution in [0.3, 0.4) is 0 Å². The molecule has 0 spiro atoms. The predicted octanol–water partition coefficient (Wildman–Crippen LogP) is 2.01. The number of aliphatic imine (C=N–C) groups is 1. The number of guanidine groups is 1. The molecule has 26 heavy (non-hydrogen) atoms. The maximum Gasteiger partial charge on any atom is 0.242 e. The molecule has 0 fully saturated rings. The molecule has 0 saturated heterocycles. The minimum Gasteiger partial charge on any atom is -0.380 e. The number of nitrogens with one attached hydrogen (secondary N) is 1. The van der Waals surface area contributed by atoms with Crippen LogP contribution in [0.5, 0.6) is 0 Å². The van der Waals surface area contributed by atoms with Gasteiger partial charge in [0, 0.05) is 32.5 Å². The molecular formula is C18H24N4O3S. The first-order chi connectivity index (χ1) is 12.4. The normalized spacial score (nSPS) is 12.4. The van der Waals surface area contributed by atoms with Gasteiger partial charge in [0.1, 0.15) is 0 Å². The van der Waals surface area contributed by atoms with Crippen LogP contribution in [0.15, 0.2) is 58.4 Å². The molecule has 2 rings (SSSR count). The molecule has 0 aliphatic carbocycles. The summed E-state index contributed by atoms with van der Waals surface area (Å²) in [5.41, 5.74) is 8.30. The van der Waals surface area contributed by atoms with Gasteiger partial charge >= 0.3 is 0 Å². The lowest BCUT2D eigenvalue weighted by Crippen LogP contribution is -2.25. The summed E-state index contributed by atoms with van der Waals surface area (Å²) in [7, 11) is 1.08. The van der Waals surface area contributed by atoms with Crippen LogP contribution < -0.4 is 11.1 Å². The summed E-state index contributed by atoms with van der Waals surface area (Å²) < 4.78 is 31.2. The zero-order chi connectivity index (χ0) is 19.2. The molecule has 3 N–H and O–H groups in total. The summed E-state index contributed by atoms with van der Waals surface area (Å²) in [6.45, 7) is 0.592. The number of ether oxygens (including phenoxy) is 1. The van der Waals surface area contributed by atoms with Crippen LogP contribution in [0.4, 0.5) is 5.69 Å². The minimum absolute atomic E-state index is 0.147. The average molecular weight is 376 g/mol. The van der Waals surface area contributed by atoms with Gasteiger partial charge in [-0.25, -0.2) is 17.7 Å². The Hall–Kier alpha value is -2.42. The van der Waals surface area contributed by atoms with Crippen molar-refractivity contribution in [2.45, 2.75) is 18.0 Å². The molecule has 2 aromatic rings. The van der Waals surface area contributed by atoms with E-state index in [1.54, 1.807) is 31.4 Å². The van der Waals surface area contributed by atoms with Gasteiger partial charge in [0.15, 0.2) is 5.96 Å². The van der Waals surface area contributed by atoms with Gasteiger partial charge in [-0.05, 0) is 17.7 Å². The van der Waals surface area contributed by atoms with Crippen molar-refractivity contribution in [2.24, 2.45) is 10.7 Å². The standard InChI is InChI=1S/C18H24N4O3S/c1-22(2)26(23,24)17-11-7-5-8-14(17)12-20-18(19)21-16-10-6-4-9-15(16)13-25-3/h4-11H,12-13H2,1-3H3,(H3,19,20,21). The van der Waals surface area contributed by atoms with E-state index < -0.39 is 10.0 Å². The highest BCUT2D eigenvalue weighted by molar-refractivity contribution is 7.89. The number of rotatable bonds is 7. The Labute approximate surface area is 154 Å². The van der Waals surface area contributed by atoms with E-state index in [1.165, 1.54) is 18.4 Å². The molecule has 0 bridgehead atoms. The Morgan fingerprint density at radius 2 is 1.73 bits per heavy atom. The summed E-state index contributed by atoms with van der Waals surface area (Å²) in [6, 6.07) is 14.4. The molecule has 0 aliphatic rings. The number of nitrogens with zero attached hydrogens (tertiary/aromatic N) is 2. The monoisotopic (exact) mass is 376 g/mol. The van der Waals surface area contributed by atoms with Gasteiger partial charge < -0.3 is 15.8 Å². The molecule has 2 aromatic carbocycles. The molecule has 0 saturated carbocycles. The fourth-order valence-electron chi connectivity index (χ4n) is 2.35. The van der Waals surface area contributed by atoms with Crippen molar-refractivity contribution in [1.82, 2.24) is 4.31 Å². The summed E-state index contributed by atoms with van der Waals surface area (Å²) in [5, 5.41) is 3.03. The number of para-hydroxylation sites is 1. The molecule has 0 aromatic heterocycles. The van der Waals surface area contributed by atoms with Crippen LogP contribution in [0.2, 0.25) is 0 Å². The fraction of sp³-hybridized carbons (Fsp3) is 0.278. The van der Waals surface area contributed by atoms with E-state index in [0.29, 0.717) is 12.2 Å². The Morgan fingerprint density at radius 3 is 2.38 bits per heavy atom. The molecule has 0 amide bonds. The second-order valence-electron chi connectivity index (χ2n) is 5.81. The van der Waals surface area contributed by atoms with Gasteiger partial charge in [-0.15, -0.1) is 0 Å². The van der Waals surface area contributed by atoms with Crippen LogP contribution >= 0.6 is 0 Å². The van der Waals surface area contributed by atoms with E-state index in [4.69, 9.17) is 10.5 Å². The fourth-order valence-corrected chi connectivity index (χ4v) is 3.46. The summed E-state index contributed by atoms with van der Waals surface area (Å²) >= 11 is 0. The maximum atomic E-state index is 12.4. The molecule has 8 heteroatoms. The quantitative estimate of drug-likeness (QED) is 0.569. The summed E-state index contributed by atoms with van der Waals surface area (Å²) in [6.07, 6.45) is 0. The van der Waals surface area contributed by atoms with E-state index in [-0.39, 0.29) is 17.4 Å². The van der Waals surface area contributed by atoms with E-state index in [9.17, 15) is 8.42 Å². The first-order valence-electron chi connectivity index (χ1n) is 8.00. The van der Waals surface area contributed by atoms with Gasteiger partial charge in [0.05, 0.1) is 18.0 Å². The van der Waals surface area contributed by atoms with Crippen LogP contribution in [0.25, 0.3) is 0 Å². The van der Waals surface area contributed by atoms with Gasteiger partial charge in [-0.2, -0.15) is 0 Å². The number of sulfonamides is 1. The smallest absolute Gasteiger partial charge is 0.242 e. The highest BCUT2D eigenvalue weighted by Crippen LogP contribution is 2.19. The van der Waals surface area contributed by atoms with E-state index in [1.807, 2.05) is 24.3 Å². The number of methoxy groups -OCH3 is 1. The van der Waals surface area contributed by atoms with Crippen LogP contribution in [0.1, 0.15) is 11.1 Å². The molecule has 0 heterocycles. The molecular weight excluding hydrogens is 352 g/mol. The molecule has 0 radical (unpaired) electrons. The first kappa shape index (κ1) is 19.9. The largest absolute Gasteiger partial charge is 0.380 e. The molecule has 0 unspecified atom stereocenters. The Morgan fingerprint density at radius 1 is 1.12 bits per heavy atom. The minimum atomic E-state index is -3.54. The van der Waals surface area contributed by atoms with Gasteiger partial charge in [0.2, 0.25) is 10.0 Å². The summed E-state index contributed by atoms with van der Waals surface area (Å²) in [5.74, 6) is 0.200. The third kappa shape index (κ3) is 4.81. The van der Waals surface area contributed by atoms with Gasteiger partial charge in [-0.3, -0.25) is 0 Å². The zero-order valence-electron chi connectivity index (χ0n) is 15.1. The third-order valence-electron chi connectivity index (χ3n) is 3.73. The Bertz CT molecular complexity index is 880. The van der Waals surface area contributed by atoms with E-state index >= 15 is 0 Å². The van der Waals surface area contributed by atoms with Crippen molar-refractivity contribution in [1.29, 1.82) is 0 Å². The second-order valence-corrected chi connectivity index (χ2v) is 7.93. The number of benzene rings is 2. The van der Waals surface area contributed by atoms with Crippen LogP contribution in [-0.4, -0.2) is 39.9 Å². The second kappa shape index (κ2) is 8.79. The maximum absolute atomic E-state index is 12.4. The molecule has 0 atom stereocenters. The van der Waals surface area contributed by atoms with Crippen molar-refractivity contribution in [3.8, 4) is 0 Å². The average Bonchev–Trinajstić information content (AvgIpc) is 2.62. The van der Waals surface area contributed by atoms with E-state index in [0.717, 1.165) is 11.3 Å². The zero-order valence-corrected chi connectivity index (χ0v) is 16.0. The number of anilines is 1. The SMILES string of the molecule is COCc1ccccc1NC(N)=NCc1ccccc1S(=O)(=O)N(C)C. The first-order valence-corrected chi connectivity index (χ1v) is 9.44. The number of hydrogen-bond donors (Lipinski definition) is 2. The van der Waals surface area contributed by atoms with Crippen molar-refractivity contribution < 1.29 is 13.2 Å². The van der Waals surface area contributed by atoms with Crippen molar-refractivity contribution in [2.75, 3.05) is 26.5 Å². The predicted molar refractivity (Wildman–Crippen MR) is 103 cm³/mol.